The quantitative estimate of drug-likeness (QED) is 0.402. The molecular formula is C18H18ClN3O2. The number of nitrogens with zero attached hydrogens (tertiary/aromatic N) is 3. The summed E-state index contributed by atoms with van der Waals surface area (Å²) in [4.78, 5) is 20.4. The number of hydrogen-bond donors (Lipinski definition) is 0. The van der Waals surface area contributed by atoms with Crippen LogP contribution in [0.3, 0.4) is 0 Å². The molecular weight excluding hydrogens is 326 g/mol. The van der Waals surface area contributed by atoms with Crippen molar-refractivity contribution in [3.63, 3.8) is 0 Å². The Balaban J connectivity index is 0.00000208. The summed E-state index contributed by atoms with van der Waals surface area (Å²) >= 11 is 0. The highest BCUT2D eigenvalue weighted by Gasteiger charge is 2.08. The fourth-order valence-corrected chi connectivity index (χ4v) is 2.27. The van der Waals surface area contributed by atoms with E-state index >= 15 is 0 Å². The number of hydrogen-bond acceptors (Lipinski definition) is 4. The molecule has 0 aliphatic heterocycles. The van der Waals surface area contributed by atoms with Gasteiger partial charge in [-0.2, -0.15) is 0 Å². The van der Waals surface area contributed by atoms with Crippen LogP contribution in [0.4, 0.5) is 0 Å². The molecule has 0 saturated heterocycles. The minimum atomic E-state index is -0.353. The zero-order chi connectivity index (χ0) is 16.1. The van der Waals surface area contributed by atoms with E-state index in [0.29, 0.717) is 18.7 Å². The van der Waals surface area contributed by atoms with Crippen LogP contribution in [0.25, 0.3) is 10.8 Å². The van der Waals surface area contributed by atoms with Crippen LogP contribution in [0.2, 0.25) is 0 Å². The lowest BCUT2D eigenvalue weighted by Gasteiger charge is -2.08. The predicted octanol–water partition coefficient (Wildman–Crippen LogP) is 3.82. The molecule has 2 aromatic carbocycles. The van der Waals surface area contributed by atoms with Crippen LogP contribution >= 0.6 is 12.4 Å². The van der Waals surface area contributed by atoms with Crippen molar-refractivity contribution in [2.75, 3.05) is 0 Å². The van der Waals surface area contributed by atoms with Crippen molar-refractivity contribution in [3.8, 4) is 0 Å². The number of benzene rings is 2. The van der Waals surface area contributed by atoms with Gasteiger partial charge < -0.3 is 9.40 Å². The fourth-order valence-electron chi connectivity index (χ4n) is 2.27. The summed E-state index contributed by atoms with van der Waals surface area (Å²) < 4.78 is 1.88. The second kappa shape index (κ2) is 8.26. The molecule has 6 heteroatoms. The van der Waals surface area contributed by atoms with Gasteiger partial charge in [-0.3, -0.25) is 0 Å². The molecule has 0 fully saturated rings. The molecule has 1 aromatic heterocycles. The molecule has 0 saturated carbocycles. The first kappa shape index (κ1) is 17.7. The number of imidazole rings is 1. The summed E-state index contributed by atoms with van der Waals surface area (Å²) in [7, 11) is 0. The molecule has 1 heterocycles. The van der Waals surface area contributed by atoms with Crippen molar-refractivity contribution in [2.24, 2.45) is 5.16 Å². The number of halogens is 1. The van der Waals surface area contributed by atoms with E-state index in [0.717, 1.165) is 16.3 Å². The van der Waals surface area contributed by atoms with Gasteiger partial charge in [0.05, 0.1) is 12.9 Å². The third kappa shape index (κ3) is 4.20. The van der Waals surface area contributed by atoms with Crippen LogP contribution in [0, 0.1) is 0 Å². The predicted molar refractivity (Wildman–Crippen MR) is 96.3 cm³/mol. The highest BCUT2D eigenvalue weighted by molar-refractivity contribution is 6.03. The first-order chi connectivity index (χ1) is 11.3. The molecule has 124 valence electrons. The molecule has 0 unspecified atom stereocenters. The van der Waals surface area contributed by atoms with Crippen LogP contribution < -0.4 is 0 Å². The Labute approximate surface area is 146 Å². The SMILES string of the molecule is CCC(=O)O/N=C(\Cn1ccnc1)c1ccc2ccccc2c1.Cl. The Morgan fingerprint density at radius 2 is 2.00 bits per heavy atom. The first-order valence-corrected chi connectivity index (χ1v) is 7.48. The molecule has 0 N–H and O–H groups in total. The number of carbonyl (C=O) groups excluding carboxylic acids is 1. The molecule has 5 nitrogen and oxygen atoms in total. The van der Waals surface area contributed by atoms with E-state index in [1.807, 2.05) is 47.2 Å². The van der Waals surface area contributed by atoms with Gasteiger partial charge in [0.15, 0.2) is 0 Å². The standard InChI is InChI=1S/C18H17N3O2.ClH/c1-2-18(22)23-20-17(12-21-10-9-19-13-21)16-8-7-14-5-3-4-6-15(14)11-16;/h3-11,13H,2,12H2,1H3;1H/b20-17+;. The third-order valence-corrected chi connectivity index (χ3v) is 3.52. The molecule has 3 aromatic rings. The van der Waals surface area contributed by atoms with Gasteiger partial charge in [-0.05, 0) is 16.8 Å². The summed E-state index contributed by atoms with van der Waals surface area (Å²) in [5, 5.41) is 6.34. The fraction of sp³-hybridized carbons (Fsp3) is 0.167. The maximum Gasteiger partial charge on any atom is 0.334 e. The van der Waals surface area contributed by atoms with E-state index in [-0.39, 0.29) is 18.4 Å². The van der Waals surface area contributed by atoms with Gasteiger partial charge in [-0.25, -0.2) is 9.78 Å². The minimum Gasteiger partial charge on any atom is -0.331 e. The summed E-state index contributed by atoms with van der Waals surface area (Å²) in [6, 6.07) is 14.2. The number of fused-ring (bicyclic) bond motifs is 1. The lowest BCUT2D eigenvalue weighted by molar-refractivity contribution is -0.143. The Bertz CT molecular complexity index is 844. The zero-order valence-electron chi connectivity index (χ0n) is 13.3. The van der Waals surface area contributed by atoms with Crippen molar-refractivity contribution >= 4 is 34.9 Å². The van der Waals surface area contributed by atoms with E-state index in [2.05, 4.69) is 16.2 Å². The number of rotatable bonds is 5. The van der Waals surface area contributed by atoms with E-state index in [4.69, 9.17) is 4.84 Å². The highest BCUT2D eigenvalue weighted by atomic mass is 35.5. The summed E-state index contributed by atoms with van der Waals surface area (Å²) in [6.45, 7) is 2.22. The van der Waals surface area contributed by atoms with Crippen molar-refractivity contribution in [1.82, 2.24) is 9.55 Å². The Hall–Kier alpha value is -2.66. The van der Waals surface area contributed by atoms with Gasteiger partial charge in [0.2, 0.25) is 0 Å². The van der Waals surface area contributed by atoms with E-state index < -0.39 is 0 Å². The second-order valence-electron chi connectivity index (χ2n) is 5.15. The number of aromatic nitrogens is 2. The Morgan fingerprint density at radius 3 is 2.71 bits per heavy atom. The van der Waals surface area contributed by atoms with Crippen LogP contribution in [-0.2, 0) is 16.2 Å². The summed E-state index contributed by atoms with van der Waals surface area (Å²) in [5.41, 5.74) is 1.59. The molecule has 0 aliphatic carbocycles. The summed E-state index contributed by atoms with van der Waals surface area (Å²) in [6.07, 6.45) is 5.55. The average Bonchev–Trinajstić information content (AvgIpc) is 3.11. The molecule has 3 rings (SSSR count). The van der Waals surface area contributed by atoms with Gasteiger partial charge in [-0.1, -0.05) is 48.5 Å². The van der Waals surface area contributed by atoms with E-state index in [1.54, 1.807) is 19.4 Å². The van der Waals surface area contributed by atoms with E-state index in [9.17, 15) is 4.79 Å². The molecule has 0 radical (unpaired) electrons. The van der Waals surface area contributed by atoms with Gasteiger partial charge in [0.1, 0.15) is 5.71 Å². The van der Waals surface area contributed by atoms with Crippen molar-refractivity contribution in [1.29, 1.82) is 0 Å². The maximum atomic E-state index is 11.4. The smallest absolute Gasteiger partial charge is 0.331 e. The largest absolute Gasteiger partial charge is 0.334 e. The van der Waals surface area contributed by atoms with Crippen molar-refractivity contribution < 1.29 is 9.63 Å². The average molecular weight is 344 g/mol. The van der Waals surface area contributed by atoms with Crippen molar-refractivity contribution in [2.45, 2.75) is 19.9 Å². The second-order valence-corrected chi connectivity index (χ2v) is 5.15. The molecule has 0 aliphatic rings. The van der Waals surface area contributed by atoms with Crippen LogP contribution in [0.15, 0.2) is 66.3 Å². The lowest BCUT2D eigenvalue weighted by Crippen LogP contribution is -2.12. The molecule has 0 spiro atoms. The van der Waals surface area contributed by atoms with Gasteiger partial charge >= 0.3 is 5.97 Å². The van der Waals surface area contributed by atoms with Crippen molar-refractivity contribution in [3.05, 3.63) is 66.7 Å². The Morgan fingerprint density at radius 1 is 1.21 bits per heavy atom. The number of oxime groups is 1. The highest BCUT2D eigenvalue weighted by Crippen LogP contribution is 2.17. The minimum absolute atomic E-state index is 0. The number of carbonyl (C=O) groups is 1. The molecule has 0 bridgehead atoms. The normalized spacial score (nSPS) is 11.1. The first-order valence-electron chi connectivity index (χ1n) is 7.48. The van der Waals surface area contributed by atoms with Crippen LogP contribution in [0.5, 0.6) is 0 Å². The van der Waals surface area contributed by atoms with Gasteiger partial charge in [-0.15, -0.1) is 12.4 Å². The molecule has 24 heavy (non-hydrogen) atoms. The summed E-state index contributed by atoms with van der Waals surface area (Å²) in [5.74, 6) is -0.353. The maximum absolute atomic E-state index is 11.4. The molecule has 0 atom stereocenters. The molecule has 0 amide bonds. The monoisotopic (exact) mass is 343 g/mol. The zero-order valence-corrected chi connectivity index (χ0v) is 14.1. The van der Waals surface area contributed by atoms with Gasteiger partial charge in [0.25, 0.3) is 0 Å². The lowest BCUT2D eigenvalue weighted by atomic mass is 10.0. The van der Waals surface area contributed by atoms with Gasteiger partial charge in [0, 0.05) is 24.4 Å². The Kier molecular flexibility index (Phi) is 6.09. The van der Waals surface area contributed by atoms with Crippen LogP contribution in [0.1, 0.15) is 18.9 Å². The third-order valence-electron chi connectivity index (χ3n) is 3.52. The van der Waals surface area contributed by atoms with E-state index in [1.165, 1.54) is 0 Å². The topological polar surface area (TPSA) is 56.5 Å². The van der Waals surface area contributed by atoms with Crippen LogP contribution in [-0.4, -0.2) is 21.2 Å².